The van der Waals surface area contributed by atoms with E-state index in [0.29, 0.717) is 23.3 Å². The predicted octanol–water partition coefficient (Wildman–Crippen LogP) is 4.14. The van der Waals surface area contributed by atoms with Crippen LogP contribution in [0.5, 0.6) is 0 Å². The summed E-state index contributed by atoms with van der Waals surface area (Å²) >= 11 is 0. The van der Waals surface area contributed by atoms with Crippen LogP contribution in [0.1, 0.15) is 71.6 Å². The number of hydrogen-bond donors (Lipinski definition) is 3. The number of nitrogens with zero attached hydrogens (tertiary/aromatic N) is 2. The monoisotopic (exact) mass is 438 g/mol. The Bertz CT molecular complexity index is 875. The van der Waals surface area contributed by atoms with Crippen LogP contribution in [-0.4, -0.2) is 40.7 Å². The van der Waals surface area contributed by atoms with Crippen molar-refractivity contribution >= 4 is 23.4 Å². The first-order valence-electron chi connectivity index (χ1n) is 12.6. The fourth-order valence-corrected chi connectivity index (χ4v) is 8.41. The molecular weight excluding hydrogens is 400 g/mol. The van der Waals surface area contributed by atoms with Crippen molar-refractivity contribution in [1.29, 1.82) is 5.41 Å². The van der Waals surface area contributed by atoms with Crippen LogP contribution in [0, 0.1) is 46.3 Å². The Morgan fingerprint density at radius 3 is 2.78 bits per heavy atom. The number of hydrogen-bond acceptors (Lipinski definition) is 6. The Hall–Kier alpha value is -1.82. The zero-order valence-corrected chi connectivity index (χ0v) is 19.5. The maximum Gasteiger partial charge on any atom is 0.157 e. The van der Waals surface area contributed by atoms with E-state index < -0.39 is 5.60 Å². The second-order valence-electron chi connectivity index (χ2n) is 11.7. The van der Waals surface area contributed by atoms with Crippen LogP contribution in [0.4, 0.5) is 0 Å². The summed E-state index contributed by atoms with van der Waals surface area (Å²) in [5, 5.41) is 22.7. The highest BCUT2D eigenvalue weighted by molar-refractivity contribution is 6.65. The molecule has 0 aromatic rings. The number of carbonyl (C=O) groups is 1. The zero-order valence-electron chi connectivity index (χ0n) is 19.5. The molecule has 0 saturated heterocycles. The first-order chi connectivity index (χ1) is 15.3. The van der Waals surface area contributed by atoms with E-state index in [1.165, 1.54) is 32.1 Å². The third-order valence-corrected chi connectivity index (χ3v) is 9.88. The number of fused-ring (bicyclic) bond motifs is 5. The number of nitrogens with one attached hydrogen (secondary N) is 2. The van der Waals surface area contributed by atoms with Crippen molar-refractivity contribution in [2.45, 2.75) is 77.2 Å². The standard InChI is InChI=1S/C26H38N4O2/c1-25(32)10-7-17-16(13-25)3-4-19-18(17)8-11-26(2)20(19)5-6-21(26)24(31)15-29-30-23-14-28-12-9-22(23)27/h9,12,14,16-21,27,29,32H,3-8,10-11,13,15H2,1-2H3/b27-22?,30-23-/t16-,17+,18-,19-,20+,21-,25-,26+/m1/s1. The third kappa shape index (κ3) is 3.78. The van der Waals surface area contributed by atoms with Gasteiger partial charge in [-0.1, -0.05) is 6.92 Å². The topological polar surface area (TPSA) is 97.9 Å². The lowest BCUT2D eigenvalue weighted by Crippen LogP contribution is -2.51. The van der Waals surface area contributed by atoms with Gasteiger partial charge in [-0.15, -0.1) is 0 Å². The van der Waals surface area contributed by atoms with Gasteiger partial charge in [0.2, 0.25) is 0 Å². The normalized spacial score (nSPS) is 46.5. The van der Waals surface area contributed by atoms with E-state index >= 15 is 0 Å². The maximum absolute atomic E-state index is 13.2. The van der Waals surface area contributed by atoms with Crippen LogP contribution in [0.15, 0.2) is 22.4 Å². The first-order valence-corrected chi connectivity index (χ1v) is 12.6. The van der Waals surface area contributed by atoms with E-state index in [9.17, 15) is 9.90 Å². The number of ketones is 1. The van der Waals surface area contributed by atoms with Crippen LogP contribution in [0.3, 0.4) is 0 Å². The number of allylic oxidation sites excluding steroid dienone is 1. The fraction of sp³-hybridized carbons (Fsp3) is 0.769. The summed E-state index contributed by atoms with van der Waals surface area (Å²) < 4.78 is 0. The van der Waals surface area contributed by atoms with E-state index in [1.54, 1.807) is 18.5 Å². The Labute approximate surface area is 191 Å². The second kappa shape index (κ2) is 8.19. The molecule has 4 aliphatic carbocycles. The molecule has 0 unspecified atom stereocenters. The molecule has 5 aliphatic rings. The molecule has 6 heteroatoms. The number of aliphatic imine (C=N–C) groups is 1. The highest BCUT2D eigenvalue weighted by Gasteiger charge is 2.58. The van der Waals surface area contributed by atoms with Gasteiger partial charge < -0.3 is 10.5 Å². The average Bonchev–Trinajstić information content (AvgIpc) is 3.11. The van der Waals surface area contributed by atoms with Crippen LogP contribution < -0.4 is 5.43 Å². The molecule has 5 rings (SSSR count). The molecule has 6 nitrogen and oxygen atoms in total. The molecule has 1 heterocycles. The lowest BCUT2D eigenvalue weighted by Gasteiger charge is -2.56. The van der Waals surface area contributed by atoms with Crippen LogP contribution >= 0.6 is 0 Å². The van der Waals surface area contributed by atoms with Gasteiger partial charge in [-0.3, -0.25) is 15.2 Å². The summed E-state index contributed by atoms with van der Waals surface area (Å²) in [7, 11) is 0. The molecule has 4 fully saturated rings. The minimum absolute atomic E-state index is 0.113. The minimum Gasteiger partial charge on any atom is -0.390 e. The molecule has 0 radical (unpaired) electrons. The summed E-state index contributed by atoms with van der Waals surface area (Å²) in [6.45, 7) is 4.65. The maximum atomic E-state index is 13.2. The summed E-state index contributed by atoms with van der Waals surface area (Å²) in [6, 6.07) is 0. The van der Waals surface area contributed by atoms with Crippen molar-refractivity contribution in [1.82, 2.24) is 5.43 Å². The molecule has 0 aromatic heterocycles. The number of aliphatic hydroxyl groups is 1. The zero-order chi connectivity index (χ0) is 22.5. The van der Waals surface area contributed by atoms with Crippen molar-refractivity contribution < 1.29 is 9.90 Å². The molecule has 0 spiro atoms. The first kappa shape index (κ1) is 22.0. The molecule has 32 heavy (non-hydrogen) atoms. The molecule has 0 bridgehead atoms. The molecule has 174 valence electrons. The number of rotatable bonds is 4. The van der Waals surface area contributed by atoms with Gasteiger partial charge in [0, 0.05) is 12.1 Å². The van der Waals surface area contributed by atoms with Crippen molar-refractivity contribution in [3.05, 3.63) is 12.3 Å². The lowest BCUT2D eigenvalue weighted by atomic mass is 9.49. The summed E-state index contributed by atoms with van der Waals surface area (Å²) in [5.74, 6) is 4.09. The average molecular weight is 439 g/mol. The Morgan fingerprint density at radius 1 is 1.16 bits per heavy atom. The van der Waals surface area contributed by atoms with Gasteiger partial charge in [-0.2, -0.15) is 5.10 Å². The molecule has 4 saturated carbocycles. The van der Waals surface area contributed by atoms with E-state index in [4.69, 9.17) is 5.41 Å². The second-order valence-corrected chi connectivity index (χ2v) is 11.7. The highest BCUT2D eigenvalue weighted by Crippen LogP contribution is 2.64. The quantitative estimate of drug-likeness (QED) is 0.575. The van der Waals surface area contributed by atoms with E-state index in [-0.39, 0.29) is 23.7 Å². The van der Waals surface area contributed by atoms with Gasteiger partial charge in [0.1, 0.15) is 5.71 Å². The third-order valence-electron chi connectivity index (χ3n) is 9.88. The van der Waals surface area contributed by atoms with Gasteiger partial charge in [0.05, 0.1) is 24.1 Å². The Balaban J connectivity index is 1.23. The van der Waals surface area contributed by atoms with Crippen LogP contribution in [-0.2, 0) is 4.79 Å². The summed E-state index contributed by atoms with van der Waals surface area (Å²) in [6.07, 6.45) is 15.0. The van der Waals surface area contributed by atoms with E-state index in [1.807, 2.05) is 6.92 Å². The Kier molecular flexibility index (Phi) is 5.63. The van der Waals surface area contributed by atoms with Crippen LogP contribution in [0.2, 0.25) is 0 Å². The lowest BCUT2D eigenvalue weighted by molar-refractivity contribution is -0.131. The van der Waals surface area contributed by atoms with Crippen molar-refractivity contribution in [2.75, 3.05) is 6.54 Å². The highest BCUT2D eigenvalue weighted by atomic mass is 16.3. The van der Waals surface area contributed by atoms with Gasteiger partial charge in [-0.05, 0) is 106 Å². The summed E-state index contributed by atoms with van der Waals surface area (Å²) in [5.41, 5.74) is 3.36. The largest absolute Gasteiger partial charge is 0.390 e. The number of carbonyl (C=O) groups excluding carboxylic acids is 1. The van der Waals surface area contributed by atoms with Gasteiger partial charge >= 0.3 is 0 Å². The van der Waals surface area contributed by atoms with Crippen molar-refractivity contribution in [3.8, 4) is 0 Å². The van der Waals surface area contributed by atoms with Crippen molar-refractivity contribution in [3.63, 3.8) is 0 Å². The molecule has 0 aromatic carbocycles. The van der Waals surface area contributed by atoms with E-state index in [0.717, 1.165) is 43.4 Å². The summed E-state index contributed by atoms with van der Waals surface area (Å²) in [4.78, 5) is 17.2. The molecule has 8 atom stereocenters. The minimum atomic E-state index is -0.462. The fourth-order valence-electron chi connectivity index (χ4n) is 8.41. The van der Waals surface area contributed by atoms with Crippen LogP contribution in [0.25, 0.3) is 0 Å². The SMILES string of the molecule is C[C@@]1(O)CC[C@H]2[C@H](CC[C@@H]3[C@@H]2CC[C@]2(C)[C@@H](C(=O)CN/N=C4/C=NC=CC4=N)CC[C@@H]32)C1. The molecule has 1 aliphatic heterocycles. The predicted molar refractivity (Wildman–Crippen MR) is 127 cm³/mol. The van der Waals surface area contributed by atoms with Gasteiger partial charge in [0.15, 0.2) is 5.78 Å². The van der Waals surface area contributed by atoms with Gasteiger partial charge in [-0.25, -0.2) is 0 Å². The van der Waals surface area contributed by atoms with E-state index in [2.05, 4.69) is 22.4 Å². The van der Waals surface area contributed by atoms with Crippen molar-refractivity contribution in [2.24, 2.45) is 51.0 Å². The Morgan fingerprint density at radius 2 is 1.97 bits per heavy atom. The molecular formula is C26H38N4O2. The van der Waals surface area contributed by atoms with Gasteiger partial charge in [0.25, 0.3) is 0 Å². The number of Topliss-reactive ketones (excluding diaryl/α,β-unsaturated/α-hetero) is 1. The molecule has 0 amide bonds. The smallest absolute Gasteiger partial charge is 0.157 e. The molecule has 3 N–H and O–H groups in total. The number of hydrazone groups is 1.